The lowest BCUT2D eigenvalue weighted by Crippen LogP contribution is -2.42. The summed E-state index contributed by atoms with van der Waals surface area (Å²) in [5, 5.41) is 9.91. The second-order valence-corrected chi connectivity index (χ2v) is 8.49. The molecule has 2 heterocycles. The van der Waals surface area contributed by atoms with E-state index in [2.05, 4.69) is 18.0 Å². The van der Waals surface area contributed by atoms with E-state index >= 15 is 0 Å². The topological polar surface area (TPSA) is 59.4 Å². The normalized spacial score (nSPS) is 31.0. The Hall–Kier alpha value is -2.53. The van der Waals surface area contributed by atoms with Crippen molar-refractivity contribution in [3.8, 4) is 11.1 Å². The Bertz CT molecular complexity index is 926. The zero-order valence-electron chi connectivity index (χ0n) is 17.4. The van der Waals surface area contributed by atoms with Gasteiger partial charge in [0.1, 0.15) is 11.9 Å². The molecule has 6 unspecified atom stereocenters. The van der Waals surface area contributed by atoms with E-state index in [9.17, 15) is 14.3 Å². The van der Waals surface area contributed by atoms with Crippen LogP contribution in [0.25, 0.3) is 17.2 Å². The summed E-state index contributed by atoms with van der Waals surface area (Å²) >= 11 is 0. The number of pyridine rings is 1. The van der Waals surface area contributed by atoms with Gasteiger partial charge in [-0.15, -0.1) is 0 Å². The number of hydrogen-bond donors (Lipinski definition) is 1. The van der Waals surface area contributed by atoms with Crippen LogP contribution < -0.4 is 0 Å². The van der Waals surface area contributed by atoms with E-state index in [4.69, 9.17) is 4.74 Å². The van der Waals surface area contributed by atoms with Gasteiger partial charge in [0.2, 0.25) is 0 Å². The van der Waals surface area contributed by atoms with Gasteiger partial charge in [0.15, 0.2) is 0 Å². The minimum absolute atomic E-state index is 0.0916. The number of carbonyl (C=O) groups excluding carboxylic acids is 1. The van der Waals surface area contributed by atoms with Crippen LogP contribution in [0.2, 0.25) is 0 Å². The number of esters is 1. The van der Waals surface area contributed by atoms with Crippen molar-refractivity contribution in [3.63, 3.8) is 0 Å². The third-order valence-electron chi connectivity index (χ3n) is 6.85. The first-order valence-electron chi connectivity index (χ1n) is 10.7. The maximum atomic E-state index is 13.5. The molecule has 0 spiro atoms. The van der Waals surface area contributed by atoms with Gasteiger partial charge in [-0.05, 0) is 60.9 Å². The second-order valence-electron chi connectivity index (χ2n) is 8.49. The van der Waals surface area contributed by atoms with Crippen molar-refractivity contribution in [2.45, 2.75) is 32.8 Å². The summed E-state index contributed by atoms with van der Waals surface area (Å²) in [5.74, 6) is 0.150. The molecule has 1 saturated heterocycles. The van der Waals surface area contributed by atoms with Crippen molar-refractivity contribution in [3.05, 3.63) is 60.2 Å². The quantitative estimate of drug-likeness (QED) is 0.725. The summed E-state index contributed by atoms with van der Waals surface area (Å²) in [4.78, 5) is 16.8. The molecule has 4 rings (SSSR count). The molecule has 158 valence electrons. The van der Waals surface area contributed by atoms with E-state index in [1.807, 2.05) is 31.2 Å². The van der Waals surface area contributed by atoms with E-state index in [1.54, 1.807) is 12.3 Å². The van der Waals surface area contributed by atoms with Crippen molar-refractivity contribution >= 4 is 12.0 Å². The van der Waals surface area contributed by atoms with Gasteiger partial charge in [0.05, 0.1) is 11.6 Å². The highest BCUT2D eigenvalue weighted by molar-refractivity contribution is 5.75. The Morgan fingerprint density at radius 1 is 1.27 bits per heavy atom. The number of fused-ring (bicyclic) bond motifs is 1. The zero-order valence-corrected chi connectivity index (χ0v) is 17.4. The lowest BCUT2D eigenvalue weighted by Gasteiger charge is -2.42. The van der Waals surface area contributed by atoms with Crippen LogP contribution in [-0.2, 0) is 9.53 Å². The molecule has 1 N–H and O–H groups in total. The molecule has 4 nitrogen and oxygen atoms in total. The molecule has 2 aliphatic rings. The zero-order chi connectivity index (χ0) is 21.3. The summed E-state index contributed by atoms with van der Waals surface area (Å²) in [6.07, 6.45) is 7.42. The summed E-state index contributed by atoms with van der Waals surface area (Å²) < 4.78 is 19.0. The number of halogens is 1. The molecule has 1 aromatic heterocycles. The summed E-state index contributed by atoms with van der Waals surface area (Å²) in [7, 11) is 0. The van der Waals surface area contributed by atoms with Gasteiger partial charge in [0.25, 0.3) is 0 Å². The molecule has 0 bridgehead atoms. The van der Waals surface area contributed by atoms with Crippen molar-refractivity contribution in [2.24, 2.45) is 29.6 Å². The molecule has 0 amide bonds. The monoisotopic (exact) mass is 409 g/mol. The predicted octanol–water partition coefficient (Wildman–Crippen LogP) is 4.73. The number of carbonyl (C=O) groups is 1. The van der Waals surface area contributed by atoms with Gasteiger partial charge in [-0.3, -0.25) is 9.78 Å². The number of hydrogen-bond acceptors (Lipinski definition) is 4. The summed E-state index contributed by atoms with van der Waals surface area (Å²) in [5.41, 5.74) is 2.46. The largest absolute Gasteiger partial charge is 0.462 e. The molecule has 1 saturated carbocycles. The smallest absolute Gasteiger partial charge is 0.309 e. The molecule has 2 aromatic rings. The molecule has 1 aliphatic heterocycles. The van der Waals surface area contributed by atoms with Crippen LogP contribution in [0.15, 0.2) is 48.7 Å². The van der Waals surface area contributed by atoms with Gasteiger partial charge in [-0.2, -0.15) is 0 Å². The fraction of sp³-hybridized carbons (Fsp3) is 0.440. The standard InChI is InChI=1S/C25H28FNO3/c1-3-21-18(14-28)12-23-24(15(2)30-25(23)29)22(21)10-9-20-8-7-17(13-27-20)16-5-4-6-19(26)11-16/h4-11,13,15,18,21-24,28H,3,12,14H2,1-2H3/b10-9+. The van der Waals surface area contributed by atoms with Gasteiger partial charge < -0.3 is 9.84 Å². The molecule has 1 aromatic carbocycles. The van der Waals surface area contributed by atoms with Gasteiger partial charge >= 0.3 is 5.97 Å². The van der Waals surface area contributed by atoms with E-state index in [0.29, 0.717) is 12.3 Å². The minimum Gasteiger partial charge on any atom is -0.462 e. The van der Waals surface area contributed by atoms with Crippen LogP contribution in [0, 0.1) is 35.4 Å². The van der Waals surface area contributed by atoms with Gasteiger partial charge in [-0.25, -0.2) is 4.39 Å². The number of ether oxygens (including phenoxy) is 1. The average Bonchev–Trinajstić information content (AvgIpc) is 3.04. The first kappa shape index (κ1) is 20.7. The number of benzene rings is 1. The Labute approximate surface area is 176 Å². The Morgan fingerprint density at radius 3 is 2.77 bits per heavy atom. The van der Waals surface area contributed by atoms with E-state index in [0.717, 1.165) is 23.2 Å². The SMILES string of the molecule is CCC1C(CO)CC2C(=O)OC(C)C2C1/C=C/c1ccc(-c2cccc(F)c2)cn1. The highest BCUT2D eigenvalue weighted by Crippen LogP contribution is 2.50. The fourth-order valence-corrected chi connectivity index (χ4v) is 5.41. The van der Waals surface area contributed by atoms with Crippen LogP contribution in [0.1, 0.15) is 32.4 Å². The molecule has 1 aliphatic carbocycles. The number of rotatable bonds is 5. The van der Waals surface area contributed by atoms with E-state index < -0.39 is 0 Å². The Morgan fingerprint density at radius 2 is 2.10 bits per heavy atom. The number of aromatic nitrogens is 1. The van der Waals surface area contributed by atoms with Gasteiger partial charge in [0, 0.05) is 24.3 Å². The predicted molar refractivity (Wildman–Crippen MR) is 114 cm³/mol. The molecule has 6 atom stereocenters. The molecule has 0 radical (unpaired) electrons. The molecule has 5 heteroatoms. The lowest BCUT2D eigenvalue weighted by molar-refractivity contribution is -0.144. The van der Waals surface area contributed by atoms with Crippen molar-refractivity contribution in [2.75, 3.05) is 6.61 Å². The van der Waals surface area contributed by atoms with E-state index in [1.165, 1.54) is 12.1 Å². The van der Waals surface area contributed by atoms with Crippen molar-refractivity contribution < 1.29 is 19.0 Å². The second kappa shape index (κ2) is 8.68. The Kier molecular flexibility index (Phi) is 6.00. The number of allylic oxidation sites excluding steroid dienone is 1. The number of nitrogens with zero attached hydrogens (tertiary/aromatic N) is 1. The molecule has 2 fully saturated rings. The fourth-order valence-electron chi connectivity index (χ4n) is 5.41. The van der Waals surface area contributed by atoms with Crippen LogP contribution in [0.5, 0.6) is 0 Å². The maximum absolute atomic E-state index is 13.5. The molecular weight excluding hydrogens is 381 g/mol. The van der Waals surface area contributed by atoms with Crippen LogP contribution in [0.4, 0.5) is 4.39 Å². The third kappa shape index (κ3) is 3.91. The highest BCUT2D eigenvalue weighted by Gasteiger charge is 2.52. The molecular formula is C25H28FNO3. The van der Waals surface area contributed by atoms with Crippen LogP contribution >= 0.6 is 0 Å². The van der Waals surface area contributed by atoms with Gasteiger partial charge in [-0.1, -0.05) is 37.6 Å². The van der Waals surface area contributed by atoms with Crippen LogP contribution in [0.3, 0.4) is 0 Å². The maximum Gasteiger partial charge on any atom is 0.309 e. The summed E-state index contributed by atoms with van der Waals surface area (Å²) in [6, 6.07) is 10.3. The first-order chi connectivity index (χ1) is 14.5. The van der Waals surface area contributed by atoms with Crippen molar-refractivity contribution in [1.82, 2.24) is 4.98 Å². The number of aliphatic hydroxyl groups excluding tert-OH is 1. The first-order valence-corrected chi connectivity index (χ1v) is 10.7. The summed E-state index contributed by atoms with van der Waals surface area (Å²) in [6.45, 7) is 4.21. The highest BCUT2D eigenvalue weighted by atomic mass is 19.1. The van der Waals surface area contributed by atoms with E-state index in [-0.39, 0.29) is 48.2 Å². The average molecular weight is 410 g/mol. The number of aliphatic hydroxyl groups is 1. The third-order valence-corrected chi connectivity index (χ3v) is 6.85. The molecule has 30 heavy (non-hydrogen) atoms. The van der Waals surface area contributed by atoms with Crippen LogP contribution in [-0.4, -0.2) is 28.8 Å². The lowest BCUT2D eigenvalue weighted by atomic mass is 9.60. The minimum atomic E-state index is -0.269. The number of cyclic esters (lactones) is 1. The Balaban J connectivity index is 1.58. The van der Waals surface area contributed by atoms with Crippen molar-refractivity contribution in [1.29, 1.82) is 0 Å².